The number of benzene rings is 1. The molecule has 1 aromatic heterocycles. The van der Waals surface area contributed by atoms with Crippen molar-refractivity contribution in [2.75, 3.05) is 0 Å². The maximum absolute atomic E-state index is 13.1. The smallest absolute Gasteiger partial charge is 0.124 e. The number of hydrogen-bond acceptors (Lipinski definition) is 3. The van der Waals surface area contributed by atoms with E-state index in [1.165, 1.54) is 12.1 Å². The van der Waals surface area contributed by atoms with Crippen molar-refractivity contribution in [3.8, 4) is 0 Å². The zero-order valence-electron chi connectivity index (χ0n) is 10.6. The van der Waals surface area contributed by atoms with Crippen molar-refractivity contribution in [2.45, 2.75) is 18.9 Å². The Morgan fingerprint density at radius 1 is 1.53 bits per heavy atom. The minimum Gasteiger partial charge on any atom is -0.276 e. The number of aromatic nitrogens is 2. The summed E-state index contributed by atoms with van der Waals surface area (Å²) in [5.74, 6) is 5.33. The van der Waals surface area contributed by atoms with Gasteiger partial charge in [-0.15, -0.1) is 0 Å². The first-order valence-corrected chi connectivity index (χ1v) is 6.78. The number of halogens is 2. The number of nitrogens with two attached hydrogens (primary N) is 1. The molecule has 0 spiro atoms. The van der Waals surface area contributed by atoms with Crippen LogP contribution in [0, 0.1) is 5.82 Å². The zero-order valence-corrected chi connectivity index (χ0v) is 12.2. The molecule has 0 aliphatic rings. The minimum atomic E-state index is -0.265. The van der Waals surface area contributed by atoms with E-state index in [-0.39, 0.29) is 11.9 Å². The molecule has 2 rings (SSSR count). The molecule has 0 amide bonds. The maximum atomic E-state index is 13.1. The van der Waals surface area contributed by atoms with Crippen LogP contribution in [0.15, 0.2) is 35.1 Å². The number of nitrogens with zero attached hydrogens (tertiary/aromatic N) is 2. The largest absolute Gasteiger partial charge is 0.276 e. The van der Waals surface area contributed by atoms with Gasteiger partial charge in [0.25, 0.3) is 0 Å². The molecule has 102 valence electrons. The van der Waals surface area contributed by atoms with Crippen LogP contribution in [0.2, 0.25) is 0 Å². The van der Waals surface area contributed by atoms with Crippen LogP contribution in [0.4, 0.5) is 4.39 Å². The second kappa shape index (κ2) is 6.27. The third-order valence-electron chi connectivity index (χ3n) is 3.02. The first-order chi connectivity index (χ1) is 9.10. The fourth-order valence-electron chi connectivity index (χ4n) is 2.02. The fraction of sp³-hybridized carbons (Fsp3) is 0.308. The van der Waals surface area contributed by atoms with Crippen LogP contribution < -0.4 is 11.3 Å². The van der Waals surface area contributed by atoms with Crippen molar-refractivity contribution in [3.05, 3.63) is 52.0 Å². The molecule has 6 heteroatoms. The Morgan fingerprint density at radius 3 is 2.89 bits per heavy atom. The summed E-state index contributed by atoms with van der Waals surface area (Å²) in [6.45, 7) is 0. The molecular weight excluding hydrogens is 311 g/mol. The fourth-order valence-corrected chi connectivity index (χ4v) is 2.65. The Labute approximate surface area is 119 Å². The van der Waals surface area contributed by atoms with Crippen molar-refractivity contribution in [1.82, 2.24) is 15.2 Å². The van der Waals surface area contributed by atoms with E-state index in [9.17, 15) is 4.39 Å². The monoisotopic (exact) mass is 326 g/mol. The SMILES string of the molecule is Cn1cc(CCC(NN)c2ccc(F)cc2Br)cn1. The van der Waals surface area contributed by atoms with Crippen molar-refractivity contribution in [3.63, 3.8) is 0 Å². The summed E-state index contributed by atoms with van der Waals surface area (Å²) in [6, 6.07) is 4.60. The van der Waals surface area contributed by atoms with E-state index in [0.717, 1.165) is 28.4 Å². The summed E-state index contributed by atoms with van der Waals surface area (Å²) in [4.78, 5) is 0. The molecule has 1 aromatic carbocycles. The highest BCUT2D eigenvalue weighted by atomic mass is 79.9. The van der Waals surface area contributed by atoms with Gasteiger partial charge >= 0.3 is 0 Å². The summed E-state index contributed by atoms with van der Waals surface area (Å²) in [7, 11) is 1.89. The van der Waals surface area contributed by atoms with Crippen molar-refractivity contribution in [1.29, 1.82) is 0 Å². The first kappa shape index (κ1) is 14.2. The number of hydrazine groups is 1. The van der Waals surface area contributed by atoms with E-state index in [2.05, 4.69) is 26.5 Å². The van der Waals surface area contributed by atoms with Gasteiger partial charge in [-0.1, -0.05) is 22.0 Å². The van der Waals surface area contributed by atoms with E-state index in [1.54, 1.807) is 10.7 Å². The summed E-state index contributed by atoms with van der Waals surface area (Å²) in [5, 5.41) is 4.13. The summed E-state index contributed by atoms with van der Waals surface area (Å²) in [6.07, 6.45) is 5.49. The summed E-state index contributed by atoms with van der Waals surface area (Å²) >= 11 is 3.37. The van der Waals surface area contributed by atoms with Crippen LogP contribution in [0.5, 0.6) is 0 Å². The Morgan fingerprint density at radius 2 is 2.32 bits per heavy atom. The standard InChI is InChI=1S/C13H16BrFN4/c1-19-8-9(7-17-19)2-5-13(18-16)11-4-3-10(15)6-12(11)14/h3-4,6-8,13,18H,2,5,16H2,1H3. The third-order valence-corrected chi connectivity index (χ3v) is 3.71. The number of nitrogens with one attached hydrogen (secondary N) is 1. The Bertz CT molecular complexity index is 555. The van der Waals surface area contributed by atoms with Gasteiger partial charge < -0.3 is 0 Å². The molecule has 1 heterocycles. The number of aryl methyl sites for hydroxylation is 2. The van der Waals surface area contributed by atoms with Crippen LogP contribution >= 0.6 is 15.9 Å². The molecular formula is C13H16BrFN4. The third kappa shape index (κ3) is 3.62. The highest BCUT2D eigenvalue weighted by Crippen LogP contribution is 2.27. The van der Waals surface area contributed by atoms with Crippen LogP contribution in [0.25, 0.3) is 0 Å². The lowest BCUT2D eigenvalue weighted by molar-refractivity contribution is 0.513. The van der Waals surface area contributed by atoms with Gasteiger partial charge in [0, 0.05) is 23.8 Å². The second-order valence-corrected chi connectivity index (χ2v) is 5.30. The van der Waals surface area contributed by atoms with E-state index in [1.807, 2.05) is 19.4 Å². The van der Waals surface area contributed by atoms with Gasteiger partial charge in [-0.2, -0.15) is 5.10 Å². The molecule has 19 heavy (non-hydrogen) atoms. The molecule has 0 saturated heterocycles. The van der Waals surface area contributed by atoms with Crippen LogP contribution in [0.3, 0.4) is 0 Å². The van der Waals surface area contributed by atoms with Gasteiger partial charge in [-0.3, -0.25) is 16.0 Å². The predicted octanol–water partition coefficient (Wildman–Crippen LogP) is 2.46. The molecule has 0 saturated carbocycles. The zero-order chi connectivity index (χ0) is 13.8. The van der Waals surface area contributed by atoms with Gasteiger partial charge in [0.2, 0.25) is 0 Å². The van der Waals surface area contributed by atoms with Crippen LogP contribution in [-0.4, -0.2) is 9.78 Å². The highest BCUT2D eigenvalue weighted by molar-refractivity contribution is 9.10. The summed E-state index contributed by atoms with van der Waals surface area (Å²) < 4.78 is 15.6. The van der Waals surface area contributed by atoms with Crippen LogP contribution in [-0.2, 0) is 13.5 Å². The summed E-state index contributed by atoms with van der Waals surface area (Å²) in [5.41, 5.74) is 4.88. The van der Waals surface area contributed by atoms with E-state index in [4.69, 9.17) is 5.84 Å². The minimum absolute atomic E-state index is 0.0322. The van der Waals surface area contributed by atoms with Crippen molar-refractivity contribution >= 4 is 15.9 Å². The van der Waals surface area contributed by atoms with Gasteiger partial charge in [-0.25, -0.2) is 4.39 Å². The van der Waals surface area contributed by atoms with Gasteiger partial charge in [0.05, 0.1) is 6.20 Å². The lowest BCUT2D eigenvalue weighted by Crippen LogP contribution is -2.28. The Hall–Kier alpha value is -1.24. The molecule has 3 N–H and O–H groups in total. The van der Waals surface area contributed by atoms with E-state index in [0.29, 0.717) is 0 Å². The molecule has 0 fully saturated rings. The van der Waals surface area contributed by atoms with Crippen LogP contribution in [0.1, 0.15) is 23.6 Å². The topological polar surface area (TPSA) is 55.9 Å². The van der Waals surface area contributed by atoms with Crippen molar-refractivity contribution < 1.29 is 4.39 Å². The average molecular weight is 327 g/mol. The highest BCUT2D eigenvalue weighted by Gasteiger charge is 2.14. The molecule has 1 unspecified atom stereocenters. The Kier molecular flexibility index (Phi) is 4.68. The van der Waals surface area contributed by atoms with Gasteiger partial charge in [0.15, 0.2) is 0 Å². The molecule has 2 aromatic rings. The predicted molar refractivity (Wildman–Crippen MR) is 75.7 cm³/mol. The van der Waals surface area contributed by atoms with Crippen molar-refractivity contribution in [2.24, 2.45) is 12.9 Å². The first-order valence-electron chi connectivity index (χ1n) is 5.98. The molecule has 0 radical (unpaired) electrons. The number of hydrogen-bond donors (Lipinski definition) is 2. The quantitative estimate of drug-likeness (QED) is 0.655. The lowest BCUT2D eigenvalue weighted by atomic mass is 10.0. The van der Waals surface area contributed by atoms with Gasteiger partial charge in [0.1, 0.15) is 5.82 Å². The average Bonchev–Trinajstić information content (AvgIpc) is 2.78. The Balaban J connectivity index is 2.07. The normalized spacial score (nSPS) is 12.6. The molecule has 4 nitrogen and oxygen atoms in total. The lowest BCUT2D eigenvalue weighted by Gasteiger charge is -2.17. The second-order valence-electron chi connectivity index (χ2n) is 4.45. The van der Waals surface area contributed by atoms with Gasteiger partial charge in [-0.05, 0) is 36.1 Å². The maximum Gasteiger partial charge on any atom is 0.124 e. The number of rotatable bonds is 5. The van der Waals surface area contributed by atoms with E-state index < -0.39 is 0 Å². The van der Waals surface area contributed by atoms with E-state index >= 15 is 0 Å². The molecule has 0 aliphatic carbocycles. The molecule has 1 atom stereocenters. The molecule has 0 bridgehead atoms. The molecule has 0 aliphatic heterocycles.